The van der Waals surface area contributed by atoms with Crippen LogP contribution in [0.4, 0.5) is 5.82 Å². The molecule has 1 aromatic carbocycles. The molecule has 100 valence electrons. The Kier molecular flexibility index (Phi) is 3.69. The molecule has 0 unspecified atom stereocenters. The van der Waals surface area contributed by atoms with Crippen molar-refractivity contribution in [2.24, 2.45) is 0 Å². The van der Waals surface area contributed by atoms with E-state index >= 15 is 0 Å². The lowest BCUT2D eigenvalue weighted by atomic mass is 10.1. The van der Waals surface area contributed by atoms with Crippen molar-refractivity contribution in [3.05, 3.63) is 60.5 Å². The Bertz CT molecular complexity index is 680. The van der Waals surface area contributed by atoms with E-state index in [-0.39, 0.29) is 0 Å². The maximum absolute atomic E-state index is 5.55. The summed E-state index contributed by atoms with van der Waals surface area (Å²) in [6.07, 6.45) is 1.76. The number of nitrogens with two attached hydrogens (primary N) is 1. The number of rotatable bonds is 4. The predicted octanol–water partition coefficient (Wildman–Crippen LogP) is 3.61. The van der Waals surface area contributed by atoms with E-state index in [2.05, 4.69) is 10.1 Å². The first kappa shape index (κ1) is 12.7. The van der Waals surface area contributed by atoms with Crippen LogP contribution in [0, 0.1) is 0 Å². The second kappa shape index (κ2) is 5.79. The quantitative estimate of drug-likeness (QED) is 0.741. The molecule has 0 bridgehead atoms. The highest BCUT2D eigenvalue weighted by molar-refractivity contribution is 7.98. The lowest BCUT2D eigenvalue weighted by Gasteiger charge is -1.98. The van der Waals surface area contributed by atoms with Gasteiger partial charge in [-0.1, -0.05) is 35.5 Å². The zero-order valence-corrected chi connectivity index (χ0v) is 11.5. The number of nitrogens with zero attached hydrogens (tertiary/aromatic N) is 2. The highest BCUT2D eigenvalue weighted by atomic mass is 32.2. The molecule has 0 atom stereocenters. The first-order valence-corrected chi connectivity index (χ1v) is 7.15. The number of hydrogen-bond donors (Lipinski definition) is 1. The van der Waals surface area contributed by atoms with E-state index in [0.717, 1.165) is 21.9 Å². The smallest absolute Gasteiger partial charge is 0.147 e. The monoisotopic (exact) mass is 283 g/mol. The molecule has 5 heteroatoms. The number of aromatic nitrogens is 2. The largest absolute Gasteiger partial charge is 0.384 e. The number of anilines is 1. The van der Waals surface area contributed by atoms with Gasteiger partial charge in [0.25, 0.3) is 0 Å². The fourth-order valence-electron chi connectivity index (χ4n) is 1.76. The van der Waals surface area contributed by atoms with Gasteiger partial charge in [-0.2, -0.15) is 0 Å². The Morgan fingerprint density at radius 1 is 1.10 bits per heavy atom. The molecular weight excluding hydrogens is 270 g/mol. The molecule has 20 heavy (non-hydrogen) atoms. The van der Waals surface area contributed by atoms with Crippen LogP contribution in [-0.2, 0) is 5.75 Å². The number of thioether (sulfide) groups is 1. The number of benzene rings is 1. The minimum atomic E-state index is 0.528. The summed E-state index contributed by atoms with van der Waals surface area (Å²) in [5.41, 5.74) is 7.47. The molecule has 0 radical (unpaired) electrons. The first-order valence-electron chi connectivity index (χ1n) is 6.16. The van der Waals surface area contributed by atoms with Gasteiger partial charge in [-0.15, -0.1) is 11.8 Å². The number of hydrogen-bond acceptors (Lipinski definition) is 5. The average molecular weight is 283 g/mol. The highest BCUT2D eigenvalue weighted by Crippen LogP contribution is 2.25. The number of pyridine rings is 1. The SMILES string of the molecule is Nc1ccc(SCc2cc(-c3ccccc3)no2)cn1. The van der Waals surface area contributed by atoms with E-state index in [0.29, 0.717) is 11.6 Å². The summed E-state index contributed by atoms with van der Waals surface area (Å²) in [7, 11) is 0. The second-order valence-corrected chi connectivity index (χ2v) is 5.30. The lowest BCUT2D eigenvalue weighted by molar-refractivity contribution is 0.397. The van der Waals surface area contributed by atoms with Crippen LogP contribution in [0.1, 0.15) is 5.76 Å². The van der Waals surface area contributed by atoms with Gasteiger partial charge in [0, 0.05) is 22.7 Å². The van der Waals surface area contributed by atoms with Gasteiger partial charge in [-0.3, -0.25) is 0 Å². The van der Waals surface area contributed by atoms with Crippen molar-refractivity contribution in [2.75, 3.05) is 5.73 Å². The van der Waals surface area contributed by atoms with E-state index in [1.165, 1.54) is 0 Å². The van der Waals surface area contributed by atoms with Crippen LogP contribution < -0.4 is 5.73 Å². The Balaban J connectivity index is 1.67. The minimum Gasteiger partial charge on any atom is -0.384 e. The van der Waals surface area contributed by atoms with Crippen LogP contribution >= 0.6 is 11.8 Å². The fourth-order valence-corrected chi connectivity index (χ4v) is 2.49. The molecule has 2 heterocycles. The van der Waals surface area contributed by atoms with Gasteiger partial charge in [0.15, 0.2) is 0 Å². The standard InChI is InChI=1S/C15H13N3OS/c16-15-7-6-13(9-17-15)20-10-12-8-14(18-19-12)11-4-2-1-3-5-11/h1-9H,10H2,(H2,16,17). The summed E-state index contributed by atoms with van der Waals surface area (Å²) in [4.78, 5) is 5.11. The van der Waals surface area contributed by atoms with E-state index in [1.54, 1.807) is 24.0 Å². The van der Waals surface area contributed by atoms with Gasteiger partial charge in [0.1, 0.15) is 17.3 Å². The highest BCUT2D eigenvalue weighted by Gasteiger charge is 2.06. The Hall–Kier alpha value is -2.27. The molecular formula is C15H13N3OS. The third kappa shape index (κ3) is 3.00. The van der Waals surface area contributed by atoms with Crippen molar-refractivity contribution in [3.8, 4) is 11.3 Å². The van der Waals surface area contributed by atoms with E-state index in [1.807, 2.05) is 42.5 Å². The van der Waals surface area contributed by atoms with Crippen LogP contribution in [0.2, 0.25) is 0 Å². The molecule has 0 amide bonds. The molecule has 0 saturated carbocycles. The first-order chi connectivity index (χ1) is 9.81. The molecule has 0 fully saturated rings. The van der Waals surface area contributed by atoms with Crippen molar-refractivity contribution in [3.63, 3.8) is 0 Å². The average Bonchev–Trinajstić information content (AvgIpc) is 2.97. The molecule has 2 aromatic heterocycles. The van der Waals surface area contributed by atoms with Gasteiger partial charge < -0.3 is 10.3 Å². The van der Waals surface area contributed by atoms with E-state index < -0.39 is 0 Å². The van der Waals surface area contributed by atoms with Crippen LogP contribution in [-0.4, -0.2) is 10.1 Å². The third-order valence-electron chi connectivity index (χ3n) is 2.77. The summed E-state index contributed by atoms with van der Waals surface area (Å²) in [6.45, 7) is 0. The van der Waals surface area contributed by atoms with Gasteiger partial charge >= 0.3 is 0 Å². The van der Waals surface area contributed by atoms with Crippen LogP contribution in [0.15, 0.2) is 64.1 Å². The normalized spacial score (nSPS) is 10.6. The summed E-state index contributed by atoms with van der Waals surface area (Å²) >= 11 is 1.64. The molecule has 0 aliphatic carbocycles. The van der Waals surface area contributed by atoms with Gasteiger partial charge in [-0.25, -0.2) is 4.98 Å². The molecule has 0 spiro atoms. The van der Waals surface area contributed by atoms with Gasteiger partial charge in [0.2, 0.25) is 0 Å². The lowest BCUT2D eigenvalue weighted by Crippen LogP contribution is -1.88. The van der Waals surface area contributed by atoms with Crippen LogP contribution in [0.5, 0.6) is 0 Å². The summed E-state index contributed by atoms with van der Waals surface area (Å²) < 4.78 is 5.35. The Morgan fingerprint density at radius 2 is 1.95 bits per heavy atom. The minimum absolute atomic E-state index is 0.528. The summed E-state index contributed by atoms with van der Waals surface area (Å²) in [6, 6.07) is 15.7. The molecule has 3 rings (SSSR count). The zero-order valence-electron chi connectivity index (χ0n) is 10.7. The Labute approximate surface area is 121 Å². The van der Waals surface area contributed by atoms with Crippen molar-refractivity contribution in [1.82, 2.24) is 10.1 Å². The third-order valence-corrected chi connectivity index (χ3v) is 3.77. The van der Waals surface area contributed by atoms with Gasteiger partial charge in [0.05, 0.1) is 5.75 Å². The maximum Gasteiger partial charge on any atom is 0.147 e. The molecule has 0 saturated heterocycles. The molecule has 2 N–H and O–H groups in total. The zero-order chi connectivity index (χ0) is 13.8. The van der Waals surface area contributed by atoms with Crippen molar-refractivity contribution < 1.29 is 4.52 Å². The van der Waals surface area contributed by atoms with E-state index in [4.69, 9.17) is 10.3 Å². The van der Waals surface area contributed by atoms with Crippen molar-refractivity contribution in [1.29, 1.82) is 0 Å². The molecule has 0 aliphatic rings. The van der Waals surface area contributed by atoms with Crippen LogP contribution in [0.25, 0.3) is 11.3 Å². The topological polar surface area (TPSA) is 64.9 Å². The second-order valence-electron chi connectivity index (χ2n) is 4.25. The summed E-state index contributed by atoms with van der Waals surface area (Å²) in [5.74, 6) is 2.08. The molecule has 3 aromatic rings. The number of nitrogen functional groups attached to an aromatic ring is 1. The van der Waals surface area contributed by atoms with Gasteiger partial charge in [-0.05, 0) is 12.1 Å². The van der Waals surface area contributed by atoms with Crippen molar-refractivity contribution in [2.45, 2.75) is 10.6 Å². The molecule has 4 nitrogen and oxygen atoms in total. The van der Waals surface area contributed by atoms with E-state index in [9.17, 15) is 0 Å². The molecule has 0 aliphatic heterocycles. The predicted molar refractivity (Wildman–Crippen MR) is 80.1 cm³/mol. The maximum atomic E-state index is 5.55. The van der Waals surface area contributed by atoms with Crippen molar-refractivity contribution >= 4 is 17.6 Å². The summed E-state index contributed by atoms with van der Waals surface area (Å²) in [5, 5.41) is 4.09. The Morgan fingerprint density at radius 3 is 2.70 bits per heavy atom. The van der Waals surface area contributed by atoms with Crippen LogP contribution in [0.3, 0.4) is 0 Å². The fraction of sp³-hybridized carbons (Fsp3) is 0.0667.